The Hall–Kier alpha value is -2.17. The van der Waals surface area contributed by atoms with Crippen LogP contribution in [0.3, 0.4) is 0 Å². The summed E-state index contributed by atoms with van der Waals surface area (Å²) in [6.45, 7) is 6.24. The second kappa shape index (κ2) is 9.55. The van der Waals surface area contributed by atoms with E-state index in [4.69, 9.17) is 4.74 Å². The number of morpholine rings is 1. The zero-order valence-electron chi connectivity index (χ0n) is 17.4. The van der Waals surface area contributed by atoms with E-state index in [1.165, 1.54) is 11.1 Å². The third-order valence-electron chi connectivity index (χ3n) is 6.50. The number of nitrogens with zero attached hydrogens (tertiary/aromatic N) is 2. The van der Waals surface area contributed by atoms with Crippen molar-refractivity contribution in [2.24, 2.45) is 0 Å². The first-order valence-electron chi connectivity index (χ1n) is 10.9. The van der Waals surface area contributed by atoms with Gasteiger partial charge in [0.25, 0.3) is 0 Å². The summed E-state index contributed by atoms with van der Waals surface area (Å²) in [5.41, 5.74) is 2.71. The number of hydrogen-bond donors (Lipinski definition) is 0. The second-order valence-electron chi connectivity index (χ2n) is 8.33. The first-order chi connectivity index (χ1) is 14.2. The normalized spacial score (nSPS) is 21.4. The maximum absolute atomic E-state index is 11.6. The standard InChI is InChI=1S/C25H32N2O2/c1-20(28)26-14-12-23(13-15-26)27-16-17-29-24(19-27)18-25(21-8-4-2-5-9-21)22-10-6-3-7-11-22/h2-11,23-25H,12-19H2,1H3/t24-/m1/s1. The smallest absolute Gasteiger partial charge is 0.219 e. The van der Waals surface area contributed by atoms with Crippen LogP contribution in [-0.4, -0.2) is 60.6 Å². The van der Waals surface area contributed by atoms with Crippen molar-refractivity contribution >= 4 is 5.91 Å². The molecule has 1 atom stereocenters. The molecule has 2 aliphatic heterocycles. The summed E-state index contributed by atoms with van der Waals surface area (Å²) in [5.74, 6) is 0.554. The number of benzene rings is 2. The van der Waals surface area contributed by atoms with Gasteiger partial charge in [0.15, 0.2) is 0 Å². The molecule has 0 saturated carbocycles. The summed E-state index contributed by atoms with van der Waals surface area (Å²) in [7, 11) is 0. The van der Waals surface area contributed by atoms with Gasteiger partial charge >= 0.3 is 0 Å². The minimum Gasteiger partial charge on any atom is -0.376 e. The predicted molar refractivity (Wildman–Crippen MR) is 116 cm³/mol. The molecule has 4 heteroatoms. The largest absolute Gasteiger partial charge is 0.376 e. The van der Waals surface area contributed by atoms with Gasteiger partial charge in [-0.15, -0.1) is 0 Å². The summed E-state index contributed by atoms with van der Waals surface area (Å²) in [5, 5.41) is 0. The molecule has 2 aromatic carbocycles. The van der Waals surface area contributed by atoms with E-state index in [0.29, 0.717) is 12.0 Å². The molecule has 1 amide bonds. The van der Waals surface area contributed by atoms with E-state index in [1.807, 2.05) is 4.90 Å². The van der Waals surface area contributed by atoms with Crippen LogP contribution < -0.4 is 0 Å². The molecule has 2 fully saturated rings. The van der Waals surface area contributed by atoms with Gasteiger partial charge in [-0.25, -0.2) is 0 Å². The third kappa shape index (κ3) is 5.06. The van der Waals surface area contributed by atoms with Crippen LogP contribution in [0.25, 0.3) is 0 Å². The van der Waals surface area contributed by atoms with Gasteiger partial charge in [-0.05, 0) is 30.4 Å². The van der Waals surface area contributed by atoms with Gasteiger partial charge in [0.1, 0.15) is 0 Å². The Morgan fingerprint density at radius 3 is 2.10 bits per heavy atom. The van der Waals surface area contributed by atoms with Crippen LogP contribution in [0.5, 0.6) is 0 Å². The van der Waals surface area contributed by atoms with Gasteiger partial charge in [-0.1, -0.05) is 60.7 Å². The van der Waals surface area contributed by atoms with Crippen molar-refractivity contribution in [2.75, 3.05) is 32.8 Å². The van der Waals surface area contributed by atoms with Crippen molar-refractivity contribution in [3.05, 3.63) is 71.8 Å². The van der Waals surface area contributed by atoms with E-state index in [9.17, 15) is 4.79 Å². The van der Waals surface area contributed by atoms with Gasteiger partial charge in [0, 0.05) is 45.1 Å². The van der Waals surface area contributed by atoms with Crippen molar-refractivity contribution in [3.63, 3.8) is 0 Å². The molecule has 0 unspecified atom stereocenters. The molecule has 154 valence electrons. The van der Waals surface area contributed by atoms with Crippen LogP contribution in [0.4, 0.5) is 0 Å². The number of hydrogen-bond acceptors (Lipinski definition) is 3. The fourth-order valence-corrected chi connectivity index (χ4v) is 4.86. The van der Waals surface area contributed by atoms with Crippen molar-refractivity contribution < 1.29 is 9.53 Å². The van der Waals surface area contributed by atoms with Crippen LogP contribution >= 0.6 is 0 Å². The van der Waals surface area contributed by atoms with Gasteiger partial charge in [0.2, 0.25) is 5.91 Å². The average Bonchev–Trinajstić information content (AvgIpc) is 2.79. The summed E-state index contributed by atoms with van der Waals surface area (Å²) in [6.07, 6.45) is 3.39. The summed E-state index contributed by atoms with van der Waals surface area (Å²) in [6, 6.07) is 22.2. The summed E-state index contributed by atoms with van der Waals surface area (Å²) >= 11 is 0. The molecule has 0 radical (unpaired) electrons. The van der Waals surface area contributed by atoms with Gasteiger partial charge in [-0.2, -0.15) is 0 Å². The number of carbonyl (C=O) groups is 1. The molecule has 29 heavy (non-hydrogen) atoms. The fourth-order valence-electron chi connectivity index (χ4n) is 4.86. The molecular weight excluding hydrogens is 360 g/mol. The van der Waals surface area contributed by atoms with Crippen molar-refractivity contribution in [1.29, 1.82) is 0 Å². The molecule has 2 aromatic rings. The quantitative estimate of drug-likeness (QED) is 0.773. The fraction of sp³-hybridized carbons (Fsp3) is 0.480. The Labute approximate surface area is 174 Å². The highest BCUT2D eigenvalue weighted by molar-refractivity contribution is 5.73. The highest BCUT2D eigenvalue weighted by Gasteiger charge is 2.31. The van der Waals surface area contributed by atoms with E-state index in [0.717, 1.165) is 52.0 Å². The number of amides is 1. The van der Waals surface area contributed by atoms with Crippen LogP contribution in [0.1, 0.15) is 43.2 Å². The Morgan fingerprint density at radius 2 is 1.55 bits per heavy atom. The lowest BCUT2D eigenvalue weighted by Gasteiger charge is -2.42. The number of likely N-dealkylation sites (tertiary alicyclic amines) is 1. The number of carbonyl (C=O) groups excluding carboxylic acids is 1. The minimum atomic E-state index is 0.205. The summed E-state index contributed by atoms with van der Waals surface area (Å²) in [4.78, 5) is 16.2. The molecule has 2 aliphatic rings. The van der Waals surface area contributed by atoms with Crippen LogP contribution in [-0.2, 0) is 9.53 Å². The maximum atomic E-state index is 11.6. The van der Waals surface area contributed by atoms with Crippen LogP contribution in [0.2, 0.25) is 0 Å². The van der Waals surface area contributed by atoms with Crippen molar-refractivity contribution in [3.8, 4) is 0 Å². The zero-order valence-corrected chi connectivity index (χ0v) is 17.4. The molecule has 0 bridgehead atoms. The molecule has 0 N–H and O–H groups in total. The predicted octanol–water partition coefficient (Wildman–Crippen LogP) is 3.92. The van der Waals surface area contributed by atoms with Gasteiger partial charge in [0.05, 0.1) is 12.7 Å². The Morgan fingerprint density at radius 1 is 0.966 bits per heavy atom. The lowest BCUT2D eigenvalue weighted by atomic mass is 9.86. The number of ether oxygens (including phenoxy) is 1. The molecule has 0 aromatic heterocycles. The molecule has 0 aliphatic carbocycles. The molecule has 4 rings (SSSR count). The SMILES string of the molecule is CC(=O)N1CCC(N2CCO[C@H](CC(c3ccccc3)c3ccccc3)C2)CC1. The van der Waals surface area contributed by atoms with Crippen LogP contribution in [0.15, 0.2) is 60.7 Å². The topological polar surface area (TPSA) is 32.8 Å². The lowest BCUT2D eigenvalue weighted by molar-refractivity contribution is -0.131. The van der Waals surface area contributed by atoms with E-state index in [-0.39, 0.29) is 12.0 Å². The summed E-state index contributed by atoms with van der Waals surface area (Å²) < 4.78 is 6.23. The Balaban J connectivity index is 1.42. The average molecular weight is 393 g/mol. The van der Waals surface area contributed by atoms with E-state index < -0.39 is 0 Å². The number of piperidine rings is 1. The third-order valence-corrected chi connectivity index (χ3v) is 6.50. The highest BCUT2D eigenvalue weighted by atomic mass is 16.5. The highest BCUT2D eigenvalue weighted by Crippen LogP contribution is 2.31. The van der Waals surface area contributed by atoms with Gasteiger partial charge < -0.3 is 9.64 Å². The molecule has 2 saturated heterocycles. The van der Waals surface area contributed by atoms with E-state index >= 15 is 0 Å². The van der Waals surface area contributed by atoms with E-state index in [2.05, 4.69) is 65.6 Å². The monoisotopic (exact) mass is 392 g/mol. The second-order valence-corrected chi connectivity index (χ2v) is 8.33. The first kappa shape index (κ1) is 20.1. The minimum absolute atomic E-state index is 0.205. The van der Waals surface area contributed by atoms with Crippen molar-refractivity contribution in [1.82, 2.24) is 9.80 Å². The van der Waals surface area contributed by atoms with Gasteiger partial charge in [-0.3, -0.25) is 9.69 Å². The Kier molecular flexibility index (Phi) is 6.63. The molecule has 2 heterocycles. The maximum Gasteiger partial charge on any atom is 0.219 e. The molecule has 4 nitrogen and oxygen atoms in total. The van der Waals surface area contributed by atoms with E-state index in [1.54, 1.807) is 6.92 Å². The first-order valence-corrected chi connectivity index (χ1v) is 10.9. The Bertz CT molecular complexity index is 732. The van der Waals surface area contributed by atoms with Crippen LogP contribution in [0, 0.1) is 0 Å². The molecule has 0 spiro atoms. The zero-order chi connectivity index (χ0) is 20.1. The molecular formula is C25H32N2O2. The number of rotatable bonds is 5. The van der Waals surface area contributed by atoms with Crippen molar-refractivity contribution in [2.45, 2.75) is 44.2 Å². The lowest BCUT2D eigenvalue weighted by Crippen LogP contribution is -2.52.